The van der Waals surface area contributed by atoms with E-state index in [0.717, 1.165) is 9.82 Å². The maximum atomic E-state index is 12.2. The van der Waals surface area contributed by atoms with Crippen molar-refractivity contribution in [2.24, 2.45) is 0 Å². The lowest BCUT2D eigenvalue weighted by Gasteiger charge is -2.18. The van der Waals surface area contributed by atoms with Crippen molar-refractivity contribution in [1.82, 2.24) is 24.7 Å². The fourth-order valence-electron chi connectivity index (χ4n) is 2.30. The smallest absolute Gasteiger partial charge is 0.301 e. The molecule has 3 aromatic rings. The zero-order valence-corrected chi connectivity index (χ0v) is 16.3. The third-order valence-electron chi connectivity index (χ3n) is 3.63. The van der Waals surface area contributed by atoms with Crippen LogP contribution in [0.25, 0.3) is 11.0 Å². The van der Waals surface area contributed by atoms with E-state index in [1.54, 1.807) is 24.3 Å². The molecule has 0 aliphatic carbocycles. The van der Waals surface area contributed by atoms with E-state index in [1.165, 1.54) is 14.1 Å². The van der Waals surface area contributed by atoms with Gasteiger partial charge in [-0.1, -0.05) is 0 Å². The molecule has 2 aromatic heterocycles. The van der Waals surface area contributed by atoms with Crippen LogP contribution in [0.15, 0.2) is 30.3 Å². The number of anilines is 4. The van der Waals surface area contributed by atoms with Crippen molar-refractivity contribution >= 4 is 44.3 Å². The van der Waals surface area contributed by atoms with Gasteiger partial charge >= 0.3 is 10.2 Å². The second-order valence-electron chi connectivity index (χ2n) is 6.43. The summed E-state index contributed by atoms with van der Waals surface area (Å²) in [6, 6.07) is 8.99. The van der Waals surface area contributed by atoms with Crippen LogP contribution in [0.3, 0.4) is 0 Å². The molecule has 144 valence electrons. The van der Waals surface area contributed by atoms with Crippen LogP contribution in [0.4, 0.5) is 23.0 Å². The van der Waals surface area contributed by atoms with E-state index in [4.69, 9.17) is 0 Å². The zero-order chi connectivity index (χ0) is 19.6. The first-order chi connectivity index (χ1) is 12.7. The molecule has 0 saturated heterocycles. The predicted molar refractivity (Wildman–Crippen MR) is 106 cm³/mol. The monoisotopic (exact) mass is 390 g/mol. The molecule has 0 spiro atoms. The number of hydrogen-bond donors (Lipinski definition) is 4. The minimum Gasteiger partial charge on any atom is -0.368 e. The lowest BCUT2D eigenvalue weighted by Crippen LogP contribution is -2.29. The molecule has 0 fully saturated rings. The van der Waals surface area contributed by atoms with Gasteiger partial charge in [-0.3, -0.25) is 4.72 Å². The fraction of sp³-hybridized carbons (Fsp3) is 0.312. The van der Waals surface area contributed by atoms with Gasteiger partial charge in [0.15, 0.2) is 5.82 Å². The molecule has 2 heterocycles. The Bertz CT molecular complexity index is 1050. The van der Waals surface area contributed by atoms with Gasteiger partial charge in [-0.2, -0.15) is 28.1 Å². The van der Waals surface area contributed by atoms with Gasteiger partial charge < -0.3 is 10.6 Å². The van der Waals surface area contributed by atoms with E-state index in [-0.39, 0.29) is 6.04 Å². The average molecular weight is 390 g/mol. The Kier molecular flexibility index (Phi) is 5.15. The van der Waals surface area contributed by atoms with E-state index in [1.807, 2.05) is 19.9 Å². The van der Waals surface area contributed by atoms with Crippen LogP contribution >= 0.6 is 0 Å². The van der Waals surface area contributed by atoms with E-state index >= 15 is 0 Å². The molecule has 27 heavy (non-hydrogen) atoms. The first-order valence-electron chi connectivity index (χ1n) is 8.30. The molecule has 3 rings (SSSR count). The van der Waals surface area contributed by atoms with Crippen molar-refractivity contribution in [3.63, 3.8) is 0 Å². The summed E-state index contributed by atoms with van der Waals surface area (Å²) in [6.45, 7) is 3.99. The average Bonchev–Trinajstić information content (AvgIpc) is 3.04. The molecule has 0 saturated carbocycles. The number of hydrogen-bond acceptors (Lipinski definition) is 7. The van der Waals surface area contributed by atoms with Crippen LogP contribution in [0.5, 0.6) is 0 Å². The maximum Gasteiger partial charge on any atom is 0.301 e. The molecule has 1 aromatic carbocycles. The van der Waals surface area contributed by atoms with Crippen LogP contribution in [0.2, 0.25) is 0 Å². The minimum atomic E-state index is -3.67. The number of benzene rings is 1. The van der Waals surface area contributed by atoms with Crippen LogP contribution in [0, 0.1) is 0 Å². The van der Waals surface area contributed by atoms with Gasteiger partial charge in [-0.15, -0.1) is 0 Å². The fourth-order valence-corrected chi connectivity index (χ4v) is 2.92. The number of nitrogens with one attached hydrogen (secondary N) is 4. The maximum absolute atomic E-state index is 12.2. The largest absolute Gasteiger partial charge is 0.368 e. The van der Waals surface area contributed by atoms with Crippen LogP contribution < -0.4 is 15.4 Å². The van der Waals surface area contributed by atoms with Crippen LogP contribution in [-0.2, 0) is 10.2 Å². The van der Waals surface area contributed by atoms with Gasteiger partial charge in [0.25, 0.3) is 0 Å². The predicted octanol–water partition coefficient (Wildman–Crippen LogP) is 2.14. The molecule has 0 bridgehead atoms. The lowest BCUT2D eigenvalue weighted by molar-refractivity contribution is 0.527. The number of aromatic amines is 1. The van der Waals surface area contributed by atoms with Crippen LogP contribution in [0.1, 0.15) is 13.8 Å². The highest BCUT2D eigenvalue weighted by molar-refractivity contribution is 7.90. The first-order valence-corrected chi connectivity index (χ1v) is 9.74. The number of fused-ring (bicyclic) bond motifs is 1. The van der Waals surface area contributed by atoms with Gasteiger partial charge in [-0.05, 0) is 44.2 Å². The number of pyridine rings is 1. The Morgan fingerprint density at radius 3 is 2.52 bits per heavy atom. The summed E-state index contributed by atoms with van der Waals surface area (Å²) >= 11 is 0. The second kappa shape index (κ2) is 7.37. The summed E-state index contributed by atoms with van der Waals surface area (Å²) in [7, 11) is -0.763. The summed E-state index contributed by atoms with van der Waals surface area (Å²) in [6.07, 6.45) is 0. The molecule has 11 heteroatoms. The molecule has 0 aliphatic rings. The standard InChI is InChI=1S/C16H22N8O2S/c1-10(2)17-15-8-7-13(22-27(25,26)24(3)4)16(19-15)18-11-5-6-12-14(9-11)21-23-20-12/h5-10,22H,1-4H3,(H2,17,18,19)(H,20,21,23). The second-order valence-corrected chi connectivity index (χ2v) is 8.32. The van der Waals surface area contributed by atoms with Crippen LogP contribution in [-0.4, -0.2) is 53.3 Å². The van der Waals surface area contributed by atoms with Crippen molar-refractivity contribution in [3.8, 4) is 0 Å². The van der Waals surface area contributed by atoms with Gasteiger partial charge in [0.2, 0.25) is 0 Å². The highest BCUT2D eigenvalue weighted by Crippen LogP contribution is 2.28. The highest BCUT2D eigenvalue weighted by Gasteiger charge is 2.17. The lowest BCUT2D eigenvalue weighted by atomic mass is 10.2. The van der Waals surface area contributed by atoms with Gasteiger partial charge in [0, 0.05) is 25.8 Å². The summed E-state index contributed by atoms with van der Waals surface area (Å²) in [5, 5.41) is 17.0. The third-order valence-corrected chi connectivity index (χ3v) is 5.07. The third kappa shape index (κ3) is 4.44. The molecule has 0 radical (unpaired) electrons. The number of rotatable bonds is 7. The Morgan fingerprint density at radius 2 is 1.81 bits per heavy atom. The van der Waals surface area contributed by atoms with Gasteiger partial charge in [-0.25, -0.2) is 4.98 Å². The van der Waals surface area contributed by atoms with E-state index in [2.05, 4.69) is 35.8 Å². The van der Waals surface area contributed by atoms with E-state index < -0.39 is 10.2 Å². The summed E-state index contributed by atoms with van der Waals surface area (Å²) in [4.78, 5) is 4.51. The summed E-state index contributed by atoms with van der Waals surface area (Å²) in [5.74, 6) is 0.997. The van der Waals surface area contributed by atoms with E-state index in [0.29, 0.717) is 28.5 Å². The summed E-state index contributed by atoms with van der Waals surface area (Å²) < 4.78 is 28.1. The van der Waals surface area contributed by atoms with Crippen molar-refractivity contribution < 1.29 is 8.42 Å². The minimum absolute atomic E-state index is 0.182. The van der Waals surface area contributed by atoms with Crippen molar-refractivity contribution in [3.05, 3.63) is 30.3 Å². The highest BCUT2D eigenvalue weighted by atomic mass is 32.2. The topological polar surface area (TPSA) is 128 Å². The Morgan fingerprint density at radius 1 is 1.07 bits per heavy atom. The summed E-state index contributed by atoms with van der Waals surface area (Å²) in [5.41, 5.74) is 2.46. The molecule has 4 N–H and O–H groups in total. The van der Waals surface area contributed by atoms with E-state index in [9.17, 15) is 8.42 Å². The quantitative estimate of drug-likeness (QED) is 0.486. The molecule has 0 amide bonds. The van der Waals surface area contributed by atoms with Gasteiger partial charge in [0.1, 0.15) is 16.9 Å². The molecular weight excluding hydrogens is 368 g/mol. The molecule has 0 aliphatic heterocycles. The first kappa shape index (κ1) is 18.9. The van der Waals surface area contributed by atoms with Crippen molar-refractivity contribution in [1.29, 1.82) is 0 Å². The molecular formula is C16H22N8O2S. The Balaban J connectivity index is 1.97. The zero-order valence-electron chi connectivity index (χ0n) is 15.5. The molecule has 10 nitrogen and oxygen atoms in total. The molecule has 0 unspecified atom stereocenters. The molecule has 0 atom stereocenters. The number of H-pyrrole nitrogens is 1. The Hall–Kier alpha value is -2.92. The SMILES string of the molecule is CC(C)Nc1ccc(NS(=O)(=O)N(C)C)c(Nc2ccc3n[nH]nc3c2)n1. The normalized spacial score (nSPS) is 11.9. The Labute approximate surface area is 157 Å². The van der Waals surface area contributed by atoms with Crippen molar-refractivity contribution in [2.45, 2.75) is 19.9 Å². The number of aromatic nitrogens is 4. The number of nitrogens with zero attached hydrogens (tertiary/aromatic N) is 4. The van der Waals surface area contributed by atoms with Crippen molar-refractivity contribution in [2.75, 3.05) is 29.5 Å². The van der Waals surface area contributed by atoms with Gasteiger partial charge in [0.05, 0.1) is 5.69 Å².